The second-order valence-electron chi connectivity index (χ2n) is 4.77. The van der Waals surface area contributed by atoms with Crippen LogP contribution < -0.4 is 5.32 Å². The maximum absolute atomic E-state index is 10.8. The van der Waals surface area contributed by atoms with Gasteiger partial charge in [-0.05, 0) is 48.4 Å². The quantitative estimate of drug-likeness (QED) is 0.785. The topological polar surface area (TPSA) is 32.3 Å². The first-order chi connectivity index (χ1) is 9.94. The minimum Gasteiger partial charge on any atom is -0.383 e. The largest absolute Gasteiger partial charge is 0.383 e. The summed E-state index contributed by atoms with van der Waals surface area (Å²) in [4.78, 5) is 0. The van der Waals surface area contributed by atoms with Crippen molar-refractivity contribution in [3.05, 3.63) is 70.0 Å². The molecule has 2 aromatic carbocycles. The Hall–Kier alpha value is -0.930. The zero-order chi connectivity index (χ0) is 15.5. The Morgan fingerprint density at radius 2 is 1.67 bits per heavy atom. The van der Waals surface area contributed by atoms with E-state index in [1.54, 1.807) is 30.3 Å². The molecule has 0 aromatic heterocycles. The van der Waals surface area contributed by atoms with Gasteiger partial charge in [0.2, 0.25) is 0 Å². The fraction of sp³-hybridized carbons (Fsp3) is 0.188. The molecule has 21 heavy (non-hydrogen) atoms. The highest BCUT2D eigenvalue weighted by molar-refractivity contribution is 6.42. The normalized spacial score (nSPS) is 13.8. The van der Waals surface area contributed by atoms with Crippen LogP contribution in [-0.4, -0.2) is 11.7 Å². The van der Waals surface area contributed by atoms with Gasteiger partial charge < -0.3 is 10.4 Å². The van der Waals surface area contributed by atoms with Crippen molar-refractivity contribution < 1.29 is 5.11 Å². The molecule has 1 unspecified atom stereocenters. The summed E-state index contributed by atoms with van der Waals surface area (Å²) >= 11 is 17.8. The molecule has 2 aromatic rings. The molecule has 0 bridgehead atoms. The second kappa shape index (κ2) is 6.89. The van der Waals surface area contributed by atoms with Crippen molar-refractivity contribution >= 4 is 40.5 Å². The molecular formula is C16H15Cl3NO. The number of aliphatic hydroxyl groups is 1. The summed E-state index contributed by atoms with van der Waals surface area (Å²) in [5.41, 5.74) is 0.410. The Kier molecular flexibility index (Phi) is 5.39. The Balaban J connectivity index is 2.16. The number of nitrogens with one attached hydrogen (secondary N) is 1. The monoisotopic (exact) mass is 342 g/mol. The average molecular weight is 344 g/mol. The van der Waals surface area contributed by atoms with Gasteiger partial charge in [0.1, 0.15) is 5.60 Å². The molecule has 1 atom stereocenters. The molecule has 0 fully saturated rings. The van der Waals surface area contributed by atoms with Gasteiger partial charge in [-0.25, -0.2) is 0 Å². The molecule has 0 heterocycles. The predicted molar refractivity (Wildman–Crippen MR) is 90.3 cm³/mol. The molecule has 2 N–H and O–H groups in total. The van der Waals surface area contributed by atoms with Gasteiger partial charge in [-0.3, -0.25) is 0 Å². The van der Waals surface area contributed by atoms with Crippen molar-refractivity contribution in [2.75, 3.05) is 11.9 Å². The second-order valence-corrected chi connectivity index (χ2v) is 6.02. The van der Waals surface area contributed by atoms with E-state index in [2.05, 4.69) is 12.2 Å². The first-order valence-corrected chi connectivity index (χ1v) is 7.54. The van der Waals surface area contributed by atoms with Crippen LogP contribution in [0.3, 0.4) is 0 Å². The molecule has 2 rings (SSSR count). The highest BCUT2D eigenvalue weighted by Crippen LogP contribution is 2.31. The number of hydrogen-bond donors (Lipinski definition) is 2. The van der Waals surface area contributed by atoms with Crippen molar-refractivity contribution in [1.82, 2.24) is 0 Å². The molecular weight excluding hydrogens is 329 g/mol. The van der Waals surface area contributed by atoms with Gasteiger partial charge in [0, 0.05) is 17.3 Å². The molecule has 0 amide bonds. The van der Waals surface area contributed by atoms with E-state index in [1.807, 2.05) is 12.1 Å². The van der Waals surface area contributed by atoms with Crippen molar-refractivity contribution in [2.45, 2.75) is 12.0 Å². The number of hydrogen-bond acceptors (Lipinski definition) is 2. The standard InChI is InChI=1S/C16H15Cl3NO/c1-2-16(21,11-3-8-14(18)15(19)9-11)10-20-13-6-4-12(17)5-7-13/h3-9,20-21H,1-2,10H2. The Labute approximate surface area is 139 Å². The summed E-state index contributed by atoms with van der Waals surface area (Å²) in [5, 5.41) is 15.5. The van der Waals surface area contributed by atoms with Crippen LogP contribution in [-0.2, 0) is 5.60 Å². The van der Waals surface area contributed by atoms with Gasteiger partial charge in [0.15, 0.2) is 0 Å². The number of halogens is 3. The molecule has 1 radical (unpaired) electrons. The first-order valence-electron chi connectivity index (χ1n) is 6.41. The van der Waals surface area contributed by atoms with E-state index in [0.717, 1.165) is 5.69 Å². The minimum absolute atomic E-state index is 0.297. The summed E-state index contributed by atoms with van der Waals surface area (Å²) in [6.07, 6.45) is 0.297. The number of benzene rings is 2. The lowest BCUT2D eigenvalue weighted by atomic mass is 9.91. The fourth-order valence-electron chi connectivity index (χ4n) is 1.94. The lowest BCUT2D eigenvalue weighted by molar-refractivity contribution is 0.0530. The summed E-state index contributed by atoms with van der Waals surface area (Å²) in [7, 11) is 0. The van der Waals surface area contributed by atoms with Crippen LogP contribution in [0.4, 0.5) is 5.69 Å². The van der Waals surface area contributed by atoms with Gasteiger partial charge >= 0.3 is 0 Å². The molecule has 5 heteroatoms. The van der Waals surface area contributed by atoms with Crippen LogP contribution >= 0.6 is 34.8 Å². The molecule has 0 aliphatic carbocycles. The molecule has 0 aliphatic rings. The predicted octanol–water partition coefficient (Wildman–Crippen LogP) is 5.17. The van der Waals surface area contributed by atoms with Gasteiger partial charge in [-0.2, -0.15) is 0 Å². The van der Waals surface area contributed by atoms with E-state index in [1.165, 1.54) is 0 Å². The average Bonchev–Trinajstić information content (AvgIpc) is 2.49. The number of rotatable bonds is 5. The van der Waals surface area contributed by atoms with Crippen molar-refractivity contribution in [1.29, 1.82) is 0 Å². The fourth-order valence-corrected chi connectivity index (χ4v) is 2.36. The van der Waals surface area contributed by atoms with E-state index in [9.17, 15) is 5.11 Å². The summed E-state index contributed by atoms with van der Waals surface area (Å²) in [5.74, 6) is 0. The smallest absolute Gasteiger partial charge is 0.107 e. The van der Waals surface area contributed by atoms with Gasteiger partial charge in [0.25, 0.3) is 0 Å². The summed E-state index contributed by atoms with van der Waals surface area (Å²) in [6, 6.07) is 12.4. The van der Waals surface area contributed by atoms with Gasteiger partial charge in [0.05, 0.1) is 10.0 Å². The molecule has 2 nitrogen and oxygen atoms in total. The Morgan fingerprint density at radius 3 is 2.24 bits per heavy atom. The van der Waals surface area contributed by atoms with E-state index in [0.29, 0.717) is 33.6 Å². The molecule has 0 saturated carbocycles. The lowest BCUT2D eigenvalue weighted by Gasteiger charge is -2.28. The van der Waals surface area contributed by atoms with E-state index in [-0.39, 0.29) is 0 Å². The zero-order valence-corrected chi connectivity index (χ0v) is 13.5. The van der Waals surface area contributed by atoms with Crippen molar-refractivity contribution in [2.24, 2.45) is 0 Å². The molecule has 0 saturated heterocycles. The lowest BCUT2D eigenvalue weighted by Crippen LogP contribution is -2.33. The van der Waals surface area contributed by atoms with E-state index < -0.39 is 5.60 Å². The van der Waals surface area contributed by atoms with Crippen LogP contribution in [0.5, 0.6) is 0 Å². The van der Waals surface area contributed by atoms with Crippen LogP contribution in [0.2, 0.25) is 15.1 Å². The summed E-state index contributed by atoms with van der Waals surface area (Å²) in [6.45, 7) is 4.13. The summed E-state index contributed by atoms with van der Waals surface area (Å²) < 4.78 is 0. The maximum atomic E-state index is 10.8. The van der Waals surface area contributed by atoms with Gasteiger partial charge in [-0.15, -0.1) is 0 Å². The van der Waals surface area contributed by atoms with Crippen LogP contribution in [0.15, 0.2) is 42.5 Å². The Bertz CT molecular complexity index is 615. The molecule has 0 aliphatic heterocycles. The minimum atomic E-state index is -1.13. The van der Waals surface area contributed by atoms with E-state index >= 15 is 0 Å². The SMILES string of the molecule is [CH2]CC(O)(CNc1ccc(Cl)cc1)c1ccc(Cl)c(Cl)c1. The number of anilines is 1. The highest BCUT2D eigenvalue weighted by Gasteiger charge is 2.27. The third-order valence-electron chi connectivity index (χ3n) is 3.30. The zero-order valence-electron chi connectivity index (χ0n) is 11.2. The van der Waals surface area contributed by atoms with E-state index in [4.69, 9.17) is 34.8 Å². The first kappa shape index (κ1) is 16.4. The molecule has 0 spiro atoms. The van der Waals surface area contributed by atoms with Crippen LogP contribution in [0.1, 0.15) is 12.0 Å². The Morgan fingerprint density at radius 1 is 1.00 bits per heavy atom. The van der Waals surface area contributed by atoms with Gasteiger partial charge in [-0.1, -0.05) is 47.8 Å². The highest BCUT2D eigenvalue weighted by atomic mass is 35.5. The third kappa shape index (κ3) is 4.04. The maximum Gasteiger partial charge on any atom is 0.107 e. The van der Waals surface area contributed by atoms with Crippen LogP contribution in [0, 0.1) is 6.92 Å². The molecule has 111 valence electrons. The van der Waals surface area contributed by atoms with Crippen molar-refractivity contribution in [3.8, 4) is 0 Å². The third-order valence-corrected chi connectivity index (χ3v) is 4.29. The van der Waals surface area contributed by atoms with Crippen molar-refractivity contribution in [3.63, 3.8) is 0 Å². The van der Waals surface area contributed by atoms with Crippen LogP contribution in [0.25, 0.3) is 0 Å².